The molecule has 0 saturated heterocycles. The van der Waals surface area contributed by atoms with Crippen molar-refractivity contribution >= 4 is 23.0 Å². The molecule has 0 atom stereocenters. The van der Waals surface area contributed by atoms with Crippen LogP contribution < -0.4 is 15.4 Å². The zero-order valence-electron chi connectivity index (χ0n) is 22.0. The zero-order chi connectivity index (χ0) is 26.9. The maximum Gasteiger partial charge on any atom is 0.407 e. The summed E-state index contributed by atoms with van der Waals surface area (Å²) in [5.41, 5.74) is 2.15. The fourth-order valence-corrected chi connectivity index (χ4v) is 4.74. The van der Waals surface area contributed by atoms with E-state index in [1.807, 2.05) is 20.8 Å². The van der Waals surface area contributed by atoms with E-state index < -0.39 is 11.7 Å². The lowest BCUT2D eigenvalue weighted by Crippen LogP contribution is -2.45. The lowest BCUT2D eigenvalue weighted by Gasteiger charge is -2.30. The summed E-state index contributed by atoms with van der Waals surface area (Å²) in [6.45, 7) is 6.04. The van der Waals surface area contributed by atoms with E-state index in [0.717, 1.165) is 38.5 Å². The quantitative estimate of drug-likeness (QED) is 0.396. The second-order valence-corrected chi connectivity index (χ2v) is 11.2. The van der Waals surface area contributed by atoms with Crippen LogP contribution in [-0.4, -0.2) is 51.2 Å². The lowest BCUT2D eigenvalue weighted by atomic mass is 9.91. The van der Waals surface area contributed by atoms with E-state index in [0.29, 0.717) is 46.1 Å². The normalized spacial score (nSPS) is 19.7. The summed E-state index contributed by atoms with van der Waals surface area (Å²) in [5, 5.41) is 6.03. The molecule has 2 aromatic heterocycles. The second kappa shape index (κ2) is 10.6. The Labute approximate surface area is 220 Å². The molecule has 2 amide bonds. The molecule has 10 heteroatoms. The number of aromatic nitrogens is 3. The number of nitrogens with one attached hydrogen (secondary N) is 3. The third-order valence-corrected chi connectivity index (χ3v) is 6.86. The molecule has 2 fully saturated rings. The molecular formula is C28H34FN5O4. The summed E-state index contributed by atoms with van der Waals surface area (Å²) >= 11 is 0. The van der Waals surface area contributed by atoms with Crippen LogP contribution in [0.3, 0.4) is 0 Å². The average molecular weight is 524 g/mol. The Balaban J connectivity index is 1.26. The molecule has 3 N–H and O–H groups in total. The Morgan fingerprint density at radius 3 is 2.45 bits per heavy atom. The third-order valence-electron chi connectivity index (χ3n) is 6.86. The molecular weight excluding hydrogens is 489 g/mol. The SMILES string of the molecule is CC(C)(C)OC(=O)N[C@H]1CC[C@H](NC(=O)c2c[nH]c3c(-c4ccc(F)cc4OCC4CC4)ncnc23)CC1. The van der Waals surface area contributed by atoms with Crippen molar-refractivity contribution in [2.24, 2.45) is 5.92 Å². The highest BCUT2D eigenvalue weighted by Gasteiger charge is 2.27. The Kier molecular flexibility index (Phi) is 7.23. The number of ether oxygens (including phenoxy) is 2. The Morgan fingerprint density at radius 2 is 1.76 bits per heavy atom. The molecule has 3 aromatic rings. The van der Waals surface area contributed by atoms with Gasteiger partial charge >= 0.3 is 6.09 Å². The highest BCUT2D eigenvalue weighted by molar-refractivity contribution is 6.07. The molecule has 2 saturated carbocycles. The standard InChI is InChI=1S/C28H34FN5O4/c1-28(2,3)38-27(36)34-19-9-7-18(8-10-19)33-26(35)21-13-30-25-23(31-15-32-24(21)25)20-11-6-17(29)12-22(20)37-14-16-4-5-16/h6,11-13,15-16,18-19,30H,4-5,7-10,14H2,1-3H3,(H,33,35)(H,34,36)/t18-,19-. The minimum atomic E-state index is -0.542. The molecule has 0 spiro atoms. The van der Waals surface area contributed by atoms with Gasteiger partial charge in [0.15, 0.2) is 0 Å². The lowest BCUT2D eigenvalue weighted by molar-refractivity contribution is 0.0488. The van der Waals surface area contributed by atoms with Crippen LogP contribution in [0.5, 0.6) is 5.75 Å². The smallest absolute Gasteiger partial charge is 0.407 e. The van der Waals surface area contributed by atoms with Gasteiger partial charge in [-0.1, -0.05) is 0 Å². The van der Waals surface area contributed by atoms with E-state index in [2.05, 4.69) is 25.6 Å². The average Bonchev–Trinajstić information content (AvgIpc) is 3.58. The first-order valence-electron chi connectivity index (χ1n) is 13.2. The monoisotopic (exact) mass is 523 g/mol. The number of H-pyrrole nitrogens is 1. The molecule has 202 valence electrons. The van der Waals surface area contributed by atoms with Crippen molar-refractivity contribution in [3.8, 4) is 17.0 Å². The van der Waals surface area contributed by atoms with Crippen LogP contribution in [0.25, 0.3) is 22.3 Å². The third kappa shape index (κ3) is 6.23. The number of amides is 2. The number of benzene rings is 1. The molecule has 1 aromatic carbocycles. The van der Waals surface area contributed by atoms with Gasteiger partial charge in [0.1, 0.15) is 34.7 Å². The van der Waals surface area contributed by atoms with Gasteiger partial charge in [0.2, 0.25) is 0 Å². The minimum Gasteiger partial charge on any atom is -0.492 e. The Bertz CT molecular complexity index is 1320. The van der Waals surface area contributed by atoms with Gasteiger partial charge in [-0.25, -0.2) is 19.2 Å². The highest BCUT2D eigenvalue weighted by atomic mass is 19.1. The Hall–Kier alpha value is -3.69. The van der Waals surface area contributed by atoms with E-state index in [1.165, 1.54) is 18.5 Å². The fraction of sp³-hybridized carbons (Fsp3) is 0.500. The summed E-state index contributed by atoms with van der Waals surface area (Å²) in [7, 11) is 0. The van der Waals surface area contributed by atoms with Gasteiger partial charge in [0.05, 0.1) is 17.7 Å². The number of carbonyl (C=O) groups is 2. The van der Waals surface area contributed by atoms with Crippen molar-refractivity contribution in [2.45, 2.75) is 77.0 Å². The van der Waals surface area contributed by atoms with E-state index in [4.69, 9.17) is 9.47 Å². The number of halogens is 1. The van der Waals surface area contributed by atoms with Crippen LogP contribution >= 0.6 is 0 Å². The van der Waals surface area contributed by atoms with Gasteiger partial charge in [0, 0.05) is 29.9 Å². The summed E-state index contributed by atoms with van der Waals surface area (Å²) in [6.07, 6.45) is 7.85. The predicted molar refractivity (Wildman–Crippen MR) is 140 cm³/mol. The maximum atomic E-state index is 14.0. The number of hydrogen-bond acceptors (Lipinski definition) is 6. The first-order chi connectivity index (χ1) is 18.2. The first-order valence-corrected chi connectivity index (χ1v) is 13.2. The first kappa shape index (κ1) is 25.9. The molecule has 0 aliphatic heterocycles. The van der Waals surface area contributed by atoms with E-state index in [9.17, 15) is 14.0 Å². The molecule has 0 bridgehead atoms. The van der Waals surface area contributed by atoms with Crippen molar-refractivity contribution in [1.29, 1.82) is 0 Å². The summed E-state index contributed by atoms with van der Waals surface area (Å²) < 4.78 is 25.3. The Morgan fingerprint density at radius 1 is 1.05 bits per heavy atom. The van der Waals surface area contributed by atoms with Crippen molar-refractivity contribution < 1.29 is 23.5 Å². The van der Waals surface area contributed by atoms with Crippen LogP contribution in [0.1, 0.15) is 69.7 Å². The minimum absolute atomic E-state index is 0.00929. The summed E-state index contributed by atoms with van der Waals surface area (Å²) in [5.74, 6) is 0.330. The van der Waals surface area contributed by atoms with Crippen molar-refractivity contribution in [3.63, 3.8) is 0 Å². The number of nitrogens with zero attached hydrogens (tertiary/aromatic N) is 2. The summed E-state index contributed by atoms with van der Waals surface area (Å²) in [6, 6.07) is 4.40. The topological polar surface area (TPSA) is 118 Å². The van der Waals surface area contributed by atoms with Gasteiger partial charge in [-0.15, -0.1) is 0 Å². The van der Waals surface area contributed by atoms with Gasteiger partial charge in [-0.2, -0.15) is 0 Å². The van der Waals surface area contributed by atoms with Gasteiger partial charge in [0.25, 0.3) is 5.91 Å². The predicted octanol–water partition coefficient (Wildman–Crippen LogP) is 5.12. The number of aromatic amines is 1. The van der Waals surface area contributed by atoms with Crippen LogP contribution in [-0.2, 0) is 4.74 Å². The van der Waals surface area contributed by atoms with Gasteiger partial charge in [-0.3, -0.25) is 4.79 Å². The number of rotatable bonds is 7. The van der Waals surface area contributed by atoms with Gasteiger partial charge < -0.3 is 25.1 Å². The van der Waals surface area contributed by atoms with Crippen molar-refractivity contribution in [2.75, 3.05) is 6.61 Å². The largest absolute Gasteiger partial charge is 0.492 e. The molecule has 5 rings (SSSR count). The number of carbonyl (C=O) groups excluding carboxylic acids is 2. The molecule has 0 unspecified atom stereocenters. The van der Waals surface area contributed by atoms with E-state index >= 15 is 0 Å². The summed E-state index contributed by atoms with van der Waals surface area (Å²) in [4.78, 5) is 37.2. The van der Waals surface area contributed by atoms with Crippen molar-refractivity contribution in [1.82, 2.24) is 25.6 Å². The molecule has 2 aliphatic carbocycles. The number of fused-ring (bicyclic) bond motifs is 1. The van der Waals surface area contributed by atoms with Crippen LogP contribution in [0, 0.1) is 11.7 Å². The number of hydrogen-bond donors (Lipinski definition) is 3. The highest BCUT2D eigenvalue weighted by Crippen LogP contribution is 2.36. The zero-order valence-corrected chi connectivity index (χ0v) is 22.0. The van der Waals surface area contributed by atoms with Crippen LogP contribution in [0.15, 0.2) is 30.7 Å². The second-order valence-electron chi connectivity index (χ2n) is 11.2. The molecule has 38 heavy (non-hydrogen) atoms. The van der Waals surface area contributed by atoms with Gasteiger partial charge in [-0.05, 0) is 77.3 Å². The van der Waals surface area contributed by atoms with Crippen LogP contribution in [0.4, 0.5) is 9.18 Å². The molecule has 2 heterocycles. The van der Waals surface area contributed by atoms with E-state index in [1.54, 1.807) is 12.3 Å². The maximum absolute atomic E-state index is 14.0. The molecule has 2 aliphatic rings. The fourth-order valence-electron chi connectivity index (χ4n) is 4.74. The number of alkyl carbamates (subject to hydrolysis) is 1. The molecule has 9 nitrogen and oxygen atoms in total. The van der Waals surface area contributed by atoms with Crippen LogP contribution in [0.2, 0.25) is 0 Å². The van der Waals surface area contributed by atoms with Crippen molar-refractivity contribution in [3.05, 3.63) is 42.1 Å². The molecule has 0 radical (unpaired) electrons. The van der Waals surface area contributed by atoms with E-state index in [-0.39, 0.29) is 23.8 Å².